The molecule has 8 atom stereocenters. The number of ether oxygens (including phenoxy) is 3. The van der Waals surface area contributed by atoms with Crippen LogP contribution in [0.25, 0.3) is 0 Å². The summed E-state index contributed by atoms with van der Waals surface area (Å²) in [5.74, 6) is -3.83. The fourth-order valence-corrected chi connectivity index (χ4v) is 8.47. The van der Waals surface area contributed by atoms with E-state index < -0.39 is 65.6 Å². The van der Waals surface area contributed by atoms with Crippen molar-refractivity contribution in [3.05, 3.63) is 90.5 Å². The van der Waals surface area contributed by atoms with Crippen molar-refractivity contribution in [3.8, 4) is 0 Å². The number of aliphatic hydroxyl groups excluding tert-OH is 1. The second kappa shape index (κ2) is 17.2. The third-order valence-electron chi connectivity index (χ3n) is 10.3. The first-order chi connectivity index (χ1) is 25.0. The van der Waals surface area contributed by atoms with Crippen LogP contribution in [0, 0.1) is 17.8 Å². The van der Waals surface area contributed by atoms with E-state index >= 15 is 0 Å². The summed E-state index contributed by atoms with van der Waals surface area (Å²) in [6.45, 7) is 11.3. The minimum atomic E-state index is -1.36. The average molecular weight is 736 g/mol. The molecule has 2 bridgehead atoms. The maximum atomic E-state index is 14.9. The number of carbonyl (C=O) groups is 4. The molecule has 3 amide bonds. The van der Waals surface area contributed by atoms with Crippen molar-refractivity contribution in [2.45, 2.75) is 81.9 Å². The molecule has 3 aliphatic rings. The number of esters is 1. The highest BCUT2D eigenvalue weighted by atomic mass is 35.5. The minimum Gasteiger partial charge on any atom is -0.455 e. The van der Waals surface area contributed by atoms with Crippen LogP contribution in [0.4, 0.5) is 5.69 Å². The maximum Gasteiger partial charge on any atom is 0.313 e. The summed E-state index contributed by atoms with van der Waals surface area (Å²) < 4.78 is 18.5. The number of anilines is 1. The van der Waals surface area contributed by atoms with Crippen molar-refractivity contribution in [1.29, 1.82) is 0 Å². The van der Waals surface area contributed by atoms with Crippen LogP contribution in [0.5, 0.6) is 0 Å². The largest absolute Gasteiger partial charge is 0.455 e. The van der Waals surface area contributed by atoms with E-state index in [1.54, 1.807) is 48.6 Å². The molecule has 3 heterocycles. The number of nitrogens with one attached hydrogen (secondary N) is 1. The van der Waals surface area contributed by atoms with Crippen molar-refractivity contribution in [1.82, 2.24) is 10.2 Å². The third-order valence-corrected chi connectivity index (χ3v) is 10.6. The summed E-state index contributed by atoms with van der Waals surface area (Å²) in [4.78, 5) is 60.2. The fourth-order valence-electron chi connectivity index (χ4n) is 8.23. The molecule has 2 aromatic rings. The van der Waals surface area contributed by atoms with Gasteiger partial charge in [0.05, 0.1) is 53.9 Å². The molecule has 5 rings (SSSR count). The molecule has 0 saturated carbocycles. The van der Waals surface area contributed by atoms with Gasteiger partial charge < -0.3 is 34.4 Å². The van der Waals surface area contributed by atoms with Crippen LogP contribution in [-0.4, -0.2) is 90.4 Å². The third kappa shape index (κ3) is 7.69. The summed E-state index contributed by atoms with van der Waals surface area (Å²) >= 11 is 6.60. The number of carbonyl (C=O) groups excluding carboxylic acids is 4. The Morgan fingerprint density at radius 3 is 2.48 bits per heavy atom. The molecule has 3 fully saturated rings. The van der Waals surface area contributed by atoms with Gasteiger partial charge in [0.1, 0.15) is 17.7 Å². The van der Waals surface area contributed by atoms with Crippen LogP contribution in [0.15, 0.2) is 79.9 Å². The van der Waals surface area contributed by atoms with Crippen LogP contribution in [0.1, 0.15) is 57.6 Å². The van der Waals surface area contributed by atoms with Crippen molar-refractivity contribution in [2.75, 3.05) is 31.8 Å². The SMILES string of the molecule is C=CCCC(=O)N[C@@H](COC)[C@@H](OC(=O)[C@@H]1[C@H]2C(=O)N([C@@H](CO)CC(C)C)[C@H](C(=O)N(CC=C)c3ccccc3Cl)[C@]23CC[C@H]1O3)c1ccccc1. The number of hydrogen-bond acceptors (Lipinski definition) is 8. The lowest BCUT2D eigenvalue weighted by atomic mass is 9.70. The number of amides is 3. The van der Waals surface area contributed by atoms with Gasteiger partial charge in [-0.05, 0) is 49.3 Å². The molecule has 3 saturated heterocycles. The van der Waals surface area contributed by atoms with Gasteiger partial charge in [0.2, 0.25) is 11.8 Å². The Kier molecular flexibility index (Phi) is 13.0. The van der Waals surface area contributed by atoms with E-state index in [9.17, 15) is 24.3 Å². The van der Waals surface area contributed by atoms with Gasteiger partial charge in [-0.2, -0.15) is 0 Å². The van der Waals surface area contributed by atoms with Crippen molar-refractivity contribution in [2.24, 2.45) is 17.8 Å². The van der Waals surface area contributed by atoms with Crippen molar-refractivity contribution < 1.29 is 38.5 Å². The first-order valence-corrected chi connectivity index (χ1v) is 18.3. The number of para-hydroxylation sites is 1. The van der Waals surface area contributed by atoms with Gasteiger partial charge in [-0.1, -0.05) is 80.1 Å². The molecule has 2 N–H and O–H groups in total. The summed E-state index contributed by atoms with van der Waals surface area (Å²) in [5.41, 5.74) is -0.287. The summed E-state index contributed by atoms with van der Waals surface area (Å²) in [7, 11) is 1.50. The Morgan fingerprint density at radius 1 is 1.13 bits per heavy atom. The number of rotatable bonds is 18. The zero-order valence-electron chi connectivity index (χ0n) is 30.1. The number of hydrogen-bond donors (Lipinski definition) is 2. The van der Waals surface area contributed by atoms with Gasteiger partial charge in [-0.15, -0.1) is 13.2 Å². The molecule has 280 valence electrons. The summed E-state index contributed by atoms with van der Waals surface area (Å²) in [6, 6.07) is 13.4. The van der Waals surface area contributed by atoms with E-state index in [0.717, 1.165) is 0 Å². The molecule has 52 heavy (non-hydrogen) atoms. The van der Waals surface area contributed by atoms with E-state index in [1.807, 2.05) is 32.0 Å². The van der Waals surface area contributed by atoms with Crippen LogP contribution in [0.2, 0.25) is 5.02 Å². The number of fused-ring (bicyclic) bond motifs is 1. The molecule has 1 spiro atoms. The van der Waals surface area contributed by atoms with Crippen LogP contribution >= 0.6 is 11.6 Å². The fraction of sp³-hybridized carbons (Fsp3) is 0.500. The van der Waals surface area contributed by atoms with E-state index in [2.05, 4.69) is 18.5 Å². The summed E-state index contributed by atoms with van der Waals surface area (Å²) in [5, 5.41) is 14.0. The topological polar surface area (TPSA) is 135 Å². The molecule has 0 aromatic heterocycles. The van der Waals surface area contributed by atoms with Gasteiger partial charge in [-0.3, -0.25) is 19.2 Å². The predicted molar refractivity (Wildman–Crippen MR) is 197 cm³/mol. The zero-order valence-corrected chi connectivity index (χ0v) is 30.9. The Labute approximate surface area is 310 Å². The maximum absolute atomic E-state index is 14.9. The smallest absolute Gasteiger partial charge is 0.313 e. The van der Waals surface area contributed by atoms with Gasteiger partial charge >= 0.3 is 5.97 Å². The Morgan fingerprint density at radius 2 is 1.85 bits per heavy atom. The lowest BCUT2D eigenvalue weighted by molar-refractivity contribution is -0.163. The Balaban J connectivity index is 1.54. The van der Waals surface area contributed by atoms with Crippen molar-refractivity contribution in [3.63, 3.8) is 0 Å². The highest BCUT2D eigenvalue weighted by molar-refractivity contribution is 6.34. The average Bonchev–Trinajstić information content (AvgIpc) is 3.78. The second-order valence-corrected chi connectivity index (χ2v) is 14.6. The lowest BCUT2D eigenvalue weighted by Gasteiger charge is -2.39. The Hall–Kier alpha value is -4.03. The van der Waals surface area contributed by atoms with E-state index in [4.69, 9.17) is 25.8 Å². The molecule has 12 heteroatoms. The van der Waals surface area contributed by atoms with Gasteiger partial charge in [0, 0.05) is 20.1 Å². The Bertz CT molecular complexity index is 1620. The minimum absolute atomic E-state index is 0.0441. The second-order valence-electron chi connectivity index (χ2n) is 14.2. The molecule has 0 aliphatic carbocycles. The lowest BCUT2D eigenvalue weighted by Crippen LogP contribution is -2.59. The molecule has 11 nitrogen and oxygen atoms in total. The van der Waals surface area contributed by atoms with Gasteiger partial charge in [0.25, 0.3) is 5.91 Å². The molecular weight excluding hydrogens is 686 g/mol. The summed E-state index contributed by atoms with van der Waals surface area (Å²) in [6.07, 6.45) is 3.43. The zero-order chi connectivity index (χ0) is 37.6. The highest BCUT2D eigenvalue weighted by Gasteiger charge is 2.76. The van der Waals surface area contributed by atoms with Crippen LogP contribution in [-0.2, 0) is 33.4 Å². The van der Waals surface area contributed by atoms with Gasteiger partial charge in [-0.25, -0.2) is 0 Å². The molecular formula is C40H50ClN3O8. The van der Waals surface area contributed by atoms with E-state index in [0.29, 0.717) is 42.0 Å². The standard InChI is InChI=1S/C40H50ClN3O8/c1-6-8-18-32(46)42-29(24-50-5)35(26-14-10-9-11-15-26)51-39(49)33-31-19-20-40(52-31)34(33)37(47)44(27(23-45)22-25(3)4)36(40)38(48)43(21-7-2)30-17-13-12-16-28(30)41/h6-7,9-17,25,27,29,31,33-36,45H,1-2,8,18-24H2,3-5H3,(H,42,46)/t27-,29+,31-,33+,34+,35+,36-,40+/m1/s1. The molecule has 2 aromatic carbocycles. The van der Waals surface area contributed by atoms with Crippen LogP contribution < -0.4 is 10.2 Å². The number of benzene rings is 2. The number of likely N-dealkylation sites (tertiary alicyclic amines) is 1. The first kappa shape index (κ1) is 39.2. The number of halogens is 1. The highest BCUT2D eigenvalue weighted by Crippen LogP contribution is 2.59. The molecule has 0 unspecified atom stereocenters. The van der Waals surface area contributed by atoms with Crippen molar-refractivity contribution >= 4 is 41.0 Å². The number of nitrogens with zero attached hydrogens (tertiary/aromatic N) is 2. The van der Waals surface area contributed by atoms with Gasteiger partial charge in [0.15, 0.2) is 0 Å². The molecule has 3 aliphatic heterocycles. The van der Waals surface area contributed by atoms with E-state index in [-0.39, 0.29) is 38.0 Å². The number of methoxy groups -OCH3 is 1. The van der Waals surface area contributed by atoms with Crippen LogP contribution in [0.3, 0.4) is 0 Å². The first-order valence-electron chi connectivity index (χ1n) is 17.9. The normalized spacial score (nSPS) is 25.0. The quantitative estimate of drug-likeness (QED) is 0.161. The molecule has 0 radical (unpaired) electrons. The number of allylic oxidation sites excluding steroid dienone is 1. The number of aliphatic hydroxyl groups is 1. The predicted octanol–water partition coefficient (Wildman–Crippen LogP) is 5.02. The van der Waals surface area contributed by atoms with E-state index in [1.165, 1.54) is 16.9 Å². The monoisotopic (exact) mass is 735 g/mol.